The van der Waals surface area contributed by atoms with Crippen LogP contribution >= 0.6 is 0 Å². The summed E-state index contributed by atoms with van der Waals surface area (Å²) >= 11 is 0. The van der Waals surface area contributed by atoms with Gasteiger partial charge in [0, 0.05) is 18.6 Å². The van der Waals surface area contributed by atoms with Gasteiger partial charge in [-0.15, -0.1) is 0 Å². The van der Waals surface area contributed by atoms with Crippen LogP contribution < -0.4 is 15.8 Å². The van der Waals surface area contributed by atoms with Crippen LogP contribution in [0.3, 0.4) is 0 Å². The summed E-state index contributed by atoms with van der Waals surface area (Å²) in [6.45, 7) is 3.98. The first-order chi connectivity index (χ1) is 10.3. The highest BCUT2D eigenvalue weighted by Gasteiger charge is 2.17. The van der Waals surface area contributed by atoms with Crippen LogP contribution in [0.1, 0.15) is 57.4 Å². The Hall–Kier alpha value is -1.06. The van der Waals surface area contributed by atoms with Crippen molar-refractivity contribution in [2.45, 2.75) is 70.5 Å². The van der Waals surface area contributed by atoms with E-state index in [4.69, 9.17) is 10.5 Å². The molecule has 0 saturated heterocycles. The van der Waals surface area contributed by atoms with Crippen molar-refractivity contribution < 1.29 is 4.74 Å². The summed E-state index contributed by atoms with van der Waals surface area (Å²) < 4.78 is 5.74. The molecule has 0 aliphatic heterocycles. The predicted molar refractivity (Wildman–Crippen MR) is 88.5 cm³/mol. The van der Waals surface area contributed by atoms with Gasteiger partial charge in [0.15, 0.2) is 0 Å². The van der Waals surface area contributed by atoms with Crippen molar-refractivity contribution >= 4 is 0 Å². The number of rotatable bonds is 8. The summed E-state index contributed by atoms with van der Waals surface area (Å²) in [5, 5.41) is 3.64. The summed E-state index contributed by atoms with van der Waals surface area (Å²) in [6.07, 6.45) is 8.35. The van der Waals surface area contributed by atoms with Crippen molar-refractivity contribution in [3.63, 3.8) is 0 Å². The first kappa shape index (κ1) is 16.3. The smallest absolute Gasteiger partial charge is 0.119 e. The Kier molecular flexibility index (Phi) is 7.04. The fourth-order valence-electron chi connectivity index (χ4n) is 2.83. The Morgan fingerprint density at radius 2 is 1.81 bits per heavy atom. The molecular weight excluding hydrogens is 260 g/mol. The molecule has 0 amide bonds. The largest absolute Gasteiger partial charge is 0.494 e. The van der Waals surface area contributed by atoms with Gasteiger partial charge in [-0.05, 0) is 49.8 Å². The van der Waals surface area contributed by atoms with Crippen LogP contribution in [0.2, 0.25) is 0 Å². The molecule has 1 aromatic rings. The average Bonchev–Trinajstić information content (AvgIpc) is 2.52. The van der Waals surface area contributed by atoms with E-state index in [9.17, 15) is 0 Å². The Morgan fingerprint density at radius 3 is 2.48 bits per heavy atom. The van der Waals surface area contributed by atoms with Crippen molar-refractivity contribution in [1.82, 2.24) is 5.32 Å². The molecule has 21 heavy (non-hydrogen) atoms. The number of nitrogens with one attached hydrogen (secondary N) is 1. The molecule has 3 N–H and O–H groups in total. The van der Waals surface area contributed by atoms with Gasteiger partial charge in [0.25, 0.3) is 0 Å². The molecule has 0 heterocycles. The minimum Gasteiger partial charge on any atom is -0.494 e. The van der Waals surface area contributed by atoms with Gasteiger partial charge in [-0.2, -0.15) is 0 Å². The van der Waals surface area contributed by atoms with Crippen molar-refractivity contribution in [2.75, 3.05) is 6.61 Å². The number of ether oxygens (including phenoxy) is 1. The molecule has 0 radical (unpaired) electrons. The minimum absolute atomic E-state index is 0.423. The lowest BCUT2D eigenvalue weighted by molar-refractivity contribution is 0.306. The first-order valence-electron chi connectivity index (χ1n) is 8.48. The highest BCUT2D eigenvalue weighted by molar-refractivity contribution is 5.27. The average molecular weight is 290 g/mol. The summed E-state index contributed by atoms with van der Waals surface area (Å²) in [5.74, 6) is 0.985. The second-order valence-electron chi connectivity index (χ2n) is 6.19. The molecule has 3 heteroatoms. The summed E-state index contributed by atoms with van der Waals surface area (Å²) in [4.78, 5) is 0. The van der Waals surface area contributed by atoms with Gasteiger partial charge >= 0.3 is 0 Å². The number of benzene rings is 1. The van der Waals surface area contributed by atoms with Gasteiger partial charge in [-0.25, -0.2) is 0 Å². The van der Waals surface area contributed by atoms with Gasteiger partial charge in [-0.3, -0.25) is 0 Å². The van der Waals surface area contributed by atoms with E-state index in [1.807, 2.05) is 0 Å². The molecule has 1 aromatic carbocycles. The Morgan fingerprint density at radius 1 is 1.10 bits per heavy atom. The summed E-state index contributed by atoms with van der Waals surface area (Å²) in [5.41, 5.74) is 7.26. The standard InChI is InChI=1S/C18H30N2O/c1-2-3-4-13-21-18-11-5-15(6-12-18)14-20-17-9-7-16(19)8-10-17/h5-6,11-12,16-17,20H,2-4,7-10,13-14,19H2,1H3. The maximum atomic E-state index is 5.94. The quantitative estimate of drug-likeness (QED) is 0.719. The van der Waals surface area contributed by atoms with Crippen molar-refractivity contribution in [2.24, 2.45) is 5.73 Å². The van der Waals surface area contributed by atoms with Gasteiger partial charge in [0.2, 0.25) is 0 Å². The van der Waals surface area contributed by atoms with Gasteiger partial charge in [-0.1, -0.05) is 31.9 Å². The topological polar surface area (TPSA) is 47.3 Å². The second kappa shape index (κ2) is 9.06. The third-order valence-electron chi connectivity index (χ3n) is 4.31. The lowest BCUT2D eigenvalue weighted by Gasteiger charge is -2.27. The van der Waals surface area contributed by atoms with Crippen LogP contribution in [0.25, 0.3) is 0 Å². The molecule has 2 rings (SSSR count). The van der Waals surface area contributed by atoms with E-state index in [1.165, 1.54) is 31.2 Å². The molecule has 1 fully saturated rings. The monoisotopic (exact) mass is 290 g/mol. The molecule has 1 aliphatic rings. The molecule has 1 saturated carbocycles. The lowest BCUT2D eigenvalue weighted by Crippen LogP contribution is -2.36. The minimum atomic E-state index is 0.423. The predicted octanol–water partition coefficient (Wildman–Crippen LogP) is 3.62. The number of unbranched alkanes of at least 4 members (excludes halogenated alkanes) is 2. The zero-order chi connectivity index (χ0) is 14.9. The fraction of sp³-hybridized carbons (Fsp3) is 0.667. The second-order valence-corrected chi connectivity index (χ2v) is 6.19. The van der Waals surface area contributed by atoms with Crippen LogP contribution in [-0.4, -0.2) is 18.7 Å². The van der Waals surface area contributed by atoms with Gasteiger partial charge < -0.3 is 15.8 Å². The molecule has 0 bridgehead atoms. The van der Waals surface area contributed by atoms with Crippen molar-refractivity contribution in [1.29, 1.82) is 0 Å². The van der Waals surface area contributed by atoms with Crippen molar-refractivity contribution in [3.8, 4) is 5.75 Å². The Balaban J connectivity index is 1.67. The highest BCUT2D eigenvalue weighted by Crippen LogP contribution is 2.18. The van der Waals surface area contributed by atoms with Crippen LogP contribution in [0.5, 0.6) is 5.75 Å². The van der Waals surface area contributed by atoms with E-state index >= 15 is 0 Å². The number of hydrogen-bond acceptors (Lipinski definition) is 3. The van der Waals surface area contributed by atoms with Crippen LogP contribution in [0, 0.1) is 0 Å². The van der Waals surface area contributed by atoms with Crippen molar-refractivity contribution in [3.05, 3.63) is 29.8 Å². The maximum Gasteiger partial charge on any atom is 0.119 e. The molecule has 1 aliphatic carbocycles. The van der Waals surface area contributed by atoms with E-state index in [0.29, 0.717) is 12.1 Å². The molecular formula is C18H30N2O. The normalized spacial score (nSPS) is 22.2. The molecule has 0 aromatic heterocycles. The highest BCUT2D eigenvalue weighted by atomic mass is 16.5. The Bertz CT molecular complexity index is 383. The van der Waals surface area contributed by atoms with Crippen LogP contribution in [-0.2, 0) is 6.54 Å². The van der Waals surface area contributed by atoms with Crippen LogP contribution in [0.4, 0.5) is 0 Å². The summed E-state index contributed by atoms with van der Waals surface area (Å²) in [7, 11) is 0. The molecule has 118 valence electrons. The molecule has 0 atom stereocenters. The van der Waals surface area contributed by atoms with E-state index in [2.05, 4.69) is 36.5 Å². The van der Waals surface area contributed by atoms with E-state index in [-0.39, 0.29) is 0 Å². The maximum absolute atomic E-state index is 5.94. The number of hydrogen-bond donors (Lipinski definition) is 2. The molecule has 0 spiro atoms. The molecule has 0 unspecified atom stereocenters. The lowest BCUT2D eigenvalue weighted by atomic mass is 9.92. The third kappa shape index (κ3) is 6.06. The SMILES string of the molecule is CCCCCOc1ccc(CNC2CCC(N)CC2)cc1. The van der Waals surface area contributed by atoms with Gasteiger partial charge in [0.1, 0.15) is 5.75 Å². The zero-order valence-corrected chi connectivity index (χ0v) is 13.3. The van der Waals surface area contributed by atoms with Gasteiger partial charge in [0.05, 0.1) is 6.61 Å². The van der Waals surface area contributed by atoms with E-state index in [0.717, 1.165) is 38.2 Å². The molecule has 3 nitrogen and oxygen atoms in total. The Labute approximate surface area is 129 Å². The first-order valence-corrected chi connectivity index (χ1v) is 8.48. The third-order valence-corrected chi connectivity index (χ3v) is 4.31. The van der Waals surface area contributed by atoms with E-state index in [1.54, 1.807) is 0 Å². The fourth-order valence-corrected chi connectivity index (χ4v) is 2.83. The van der Waals surface area contributed by atoms with E-state index < -0.39 is 0 Å². The zero-order valence-electron chi connectivity index (χ0n) is 13.3. The van der Waals surface area contributed by atoms with Crippen LogP contribution in [0.15, 0.2) is 24.3 Å². The summed E-state index contributed by atoms with van der Waals surface area (Å²) in [6, 6.07) is 9.55. The number of nitrogens with two attached hydrogens (primary N) is 1.